The van der Waals surface area contributed by atoms with Crippen molar-refractivity contribution in [1.29, 1.82) is 0 Å². The van der Waals surface area contributed by atoms with E-state index in [1.165, 1.54) is 5.57 Å². The lowest BCUT2D eigenvalue weighted by Crippen LogP contribution is -2.36. The highest BCUT2D eigenvalue weighted by Gasteiger charge is 2.22. The molecule has 0 bridgehead atoms. The van der Waals surface area contributed by atoms with E-state index in [1.807, 2.05) is 12.2 Å². The standard InChI is InChI=1S/C22H27NO/c1-4-19-8-6-9-21(12-11-19)16-23(18-24)17-22(3)14-7-10-20(5-2)13-15-22/h4-8,10-15,24H,1-2,9,16-18H2,3H3. The van der Waals surface area contributed by atoms with Crippen LogP contribution in [-0.4, -0.2) is 29.8 Å². The molecule has 2 rings (SSSR count). The summed E-state index contributed by atoms with van der Waals surface area (Å²) in [4.78, 5) is 2.07. The van der Waals surface area contributed by atoms with E-state index in [0.717, 1.165) is 30.7 Å². The molecule has 0 amide bonds. The minimum absolute atomic E-state index is 0.0398. The first-order chi connectivity index (χ1) is 11.6. The molecule has 2 heteroatoms. The van der Waals surface area contributed by atoms with Gasteiger partial charge in [-0.1, -0.05) is 92.5 Å². The lowest BCUT2D eigenvalue weighted by atomic mass is 9.89. The van der Waals surface area contributed by atoms with Gasteiger partial charge in [-0.05, 0) is 17.6 Å². The van der Waals surface area contributed by atoms with Crippen LogP contribution in [0, 0.1) is 5.41 Å². The largest absolute Gasteiger partial charge is 0.381 e. The van der Waals surface area contributed by atoms with E-state index < -0.39 is 0 Å². The van der Waals surface area contributed by atoms with Gasteiger partial charge in [0.25, 0.3) is 0 Å². The molecular weight excluding hydrogens is 294 g/mol. The second-order valence-electron chi connectivity index (χ2n) is 6.50. The Morgan fingerprint density at radius 3 is 2.58 bits per heavy atom. The third-order valence-electron chi connectivity index (χ3n) is 4.29. The van der Waals surface area contributed by atoms with Gasteiger partial charge in [-0.25, -0.2) is 0 Å². The molecule has 0 aliphatic heterocycles. The van der Waals surface area contributed by atoms with Gasteiger partial charge in [0.05, 0.1) is 6.73 Å². The first-order valence-corrected chi connectivity index (χ1v) is 8.32. The molecule has 126 valence electrons. The number of aliphatic hydroxyl groups is 1. The zero-order chi connectivity index (χ0) is 17.4. The van der Waals surface area contributed by atoms with E-state index in [-0.39, 0.29) is 12.1 Å². The fraction of sp³-hybridized carbons (Fsp3) is 0.273. The van der Waals surface area contributed by atoms with Crippen LogP contribution in [0.3, 0.4) is 0 Å². The van der Waals surface area contributed by atoms with Crippen LogP contribution in [0.25, 0.3) is 0 Å². The van der Waals surface area contributed by atoms with Gasteiger partial charge in [0.1, 0.15) is 0 Å². The van der Waals surface area contributed by atoms with Crippen molar-refractivity contribution in [2.45, 2.75) is 13.3 Å². The molecule has 0 radical (unpaired) electrons. The minimum atomic E-state index is -0.118. The van der Waals surface area contributed by atoms with Crippen LogP contribution in [0.5, 0.6) is 0 Å². The van der Waals surface area contributed by atoms with Gasteiger partial charge in [-0.2, -0.15) is 0 Å². The second-order valence-corrected chi connectivity index (χ2v) is 6.50. The molecule has 2 aliphatic rings. The summed E-state index contributed by atoms with van der Waals surface area (Å²) in [5.41, 5.74) is 3.38. The topological polar surface area (TPSA) is 23.5 Å². The molecule has 1 N–H and O–H groups in total. The third kappa shape index (κ3) is 5.19. The van der Waals surface area contributed by atoms with Crippen molar-refractivity contribution in [1.82, 2.24) is 4.90 Å². The van der Waals surface area contributed by atoms with Crippen molar-refractivity contribution in [3.8, 4) is 0 Å². The Balaban J connectivity index is 2.06. The van der Waals surface area contributed by atoms with Crippen molar-refractivity contribution >= 4 is 0 Å². The summed E-state index contributed by atoms with van der Waals surface area (Å²) < 4.78 is 0. The molecule has 1 unspecified atom stereocenters. The molecule has 0 aromatic heterocycles. The number of aliphatic hydroxyl groups excluding tert-OH is 1. The van der Waals surface area contributed by atoms with Crippen molar-refractivity contribution in [2.75, 3.05) is 19.8 Å². The summed E-state index contributed by atoms with van der Waals surface area (Å²) in [6.45, 7) is 11.4. The van der Waals surface area contributed by atoms with Crippen LogP contribution in [0.1, 0.15) is 13.3 Å². The zero-order valence-corrected chi connectivity index (χ0v) is 14.5. The van der Waals surface area contributed by atoms with E-state index in [2.05, 4.69) is 79.7 Å². The Bertz CT molecular complexity index is 657. The Labute approximate surface area is 145 Å². The van der Waals surface area contributed by atoms with Gasteiger partial charge >= 0.3 is 0 Å². The normalized spacial score (nSPS) is 23.2. The van der Waals surface area contributed by atoms with Crippen LogP contribution < -0.4 is 0 Å². The van der Waals surface area contributed by atoms with Crippen LogP contribution in [-0.2, 0) is 0 Å². The number of rotatable bonds is 7. The highest BCUT2D eigenvalue weighted by atomic mass is 16.3. The number of hydrogen-bond donors (Lipinski definition) is 1. The fourth-order valence-corrected chi connectivity index (χ4v) is 2.88. The van der Waals surface area contributed by atoms with Crippen LogP contribution >= 0.6 is 0 Å². The SMILES string of the molecule is C=CC1=CC=CC(C)(CN(CO)CC2=CC=C(C=C)C=CC2)C=C1. The number of nitrogens with zero attached hydrogens (tertiary/aromatic N) is 1. The minimum Gasteiger partial charge on any atom is -0.381 e. The summed E-state index contributed by atoms with van der Waals surface area (Å²) in [6, 6.07) is 0. The molecule has 1 atom stereocenters. The quantitative estimate of drug-likeness (QED) is 0.699. The molecule has 0 fully saturated rings. The molecule has 2 nitrogen and oxygen atoms in total. The van der Waals surface area contributed by atoms with E-state index in [0.29, 0.717) is 0 Å². The Kier molecular flexibility index (Phi) is 6.53. The average molecular weight is 321 g/mol. The maximum Gasteiger partial charge on any atom is 0.0959 e. The number of hydrogen-bond acceptors (Lipinski definition) is 2. The van der Waals surface area contributed by atoms with Crippen molar-refractivity contribution in [3.05, 3.63) is 96.7 Å². The van der Waals surface area contributed by atoms with Crippen molar-refractivity contribution in [3.63, 3.8) is 0 Å². The lowest BCUT2D eigenvalue weighted by molar-refractivity contribution is 0.0968. The van der Waals surface area contributed by atoms with Gasteiger partial charge in [0, 0.05) is 18.5 Å². The van der Waals surface area contributed by atoms with Crippen molar-refractivity contribution < 1.29 is 5.11 Å². The average Bonchev–Trinajstić information content (AvgIpc) is 2.92. The molecule has 0 saturated heterocycles. The zero-order valence-electron chi connectivity index (χ0n) is 14.5. The van der Waals surface area contributed by atoms with Crippen LogP contribution in [0.4, 0.5) is 0 Å². The summed E-state index contributed by atoms with van der Waals surface area (Å²) >= 11 is 0. The maximum atomic E-state index is 9.81. The molecule has 0 aromatic carbocycles. The van der Waals surface area contributed by atoms with Gasteiger partial charge in [0.15, 0.2) is 0 Å². The summed E-state index contributed by atoms with van der Waals surface area (Å²) in [5, 5.41) is 9.81. The highest BCUT2D eigenvalue weighted by Crippen LogP contribution is 2.26. The van der Waals surface area contributed by atoms with E-state index in [1.54, 1.807) is 0 Å². The maximum absolute atomic E-state index is 9.81. The molecule has 0 aromatic rings. The van der Waals surface area contributed by atoms with Crippen LogP contribution in [0.15, 0.2) is 96.7 Å². The molecular formula is C22H27NO. The molecule has 2 aliphatic carbocycles. The molecule has 0 heterocycles. The lowest BCUT2D eigenvalue weighted by Gasteiger charge is -2.30. The van der Waals surface area contributed by atoms with Gasteiger partial charge < -0.3 is 5.11 Å². The summed E-state index contributed by atoms with van der Waals surface area (Å²) in [6.07, 6.45) is 23.6. The third-order valence-corrected chi connectivity index (χ3v) is 4.29. The monoisotopic (exact) mass is 321 g/mol. The van der Waals surface area contributed by atoms with Gasteiger partial charge in [-0.3, -0.25) is 4.90 Å². The fourth-order valence-electron chi connectivity index (χ4n) is 2.88. The Morgan fingerprint density at radius 2 is 1.88 bits per heavy atom. The Hall–Kier alpha value is -2.16. The first-order valence-electron chi connectivity index (χ1n) is 8.32. The van der Waals surface area contributed by atoms with E-state index in [9.17, 15) is 5.11 Å². The van der Waals surface area contributed by atoms with Gasteiger partial charge in [0.2, 0.25) is 0 Å². The first kappa shape index (κ1) is 18.2. The van der Waals surface area contributed by atoms with Crippen molar-refractivity contribution in [2.24, 2.45) is 5.41 Å². The molecule has 0 saturated carbocycles. The van der Waals surface area contributed by atoms with Crippen LogP contribution in [0.2, 0.25) is 0 Å². The smallest absolute Gasteiger partial charge is 0.0959 e. The predicted octanol–water partition coefficient (Wildman–Crippen LogP) is 4.48. The molecule has 24 heavy (non-hydrogen) atoms. The number of allylic oxidation sites excluding steroid dienone is 11. The van der Waals surface area contributed by atoms with Gasteiger partial charge in [-0.15, -0.1) is 0 Å². The molecule has 0 spiro atoms. The predicted molar refractivity (Wildman–Crippen MR) is 103 cm³/mol. The summed E-state index contributed by atoms with van der Waals surface area (Å²) in [7, 11) is 0. The Morgan fingerprint density at radius 1 is 1.12 bits per heavy atom. The summed E-state index contributed by atoms with van der Waals surface area (Å²) in [5.74, 6) is 0. The highest BCUT2D eigenvalue weighted by molar-refractivity contribution is 5.38. The second kappa shape index (κ2) is 8.62. The van der Waals surface area contributed by atoms with E-state index >= 15 is 0 Å². The van der Waals surface area contributed by atoms with E-state index in [4.69, 9.17) is 0 Å².